The Bertz CT molecular complexity index is 844. The first-order chi connectivity index (χ1) is 11.8. The number of morpholine rings is 1. The second-order valence-corrected chi connectivity index (χ2v) is 5.89. The van der Waals surface area contributed by atoms with Crippen LogP contribution in [0.2, 0.25) is 0 Å². The van der Waals surface area contributed by atoms with E-state index in [1.54, 1.807) is 11.1 Å². The van der Waals surface area contributed by atoms with Gasteiger partial charge >= 0.3 is 0 Å². The van der Waals surface area contributed by atoms with Crippen LogP contribution in [0.4, 0.5) is 0 Å². The van der Waals surface area contributed by atoms with Crippen LogP contribution in [0, 0.1) is 0 Å². The van der Waals surface area contributed by atoms with Crippen molar-refractivity contribution in [3.63, 3.8) is 0 Å². The molecular formula is C18H18N4O2. The number of benzene rings is 1. The normalized spacial score (nSPS) is 18.0. The molecule has 0 bridgehead atoms. The van der Waals surface area contributed by atoms with Crippen LogP contribution >= 0.6 is 0 Å². The van der Waals surface area contributed by atoms with Crippen molar-refractivity contribution < 1.29 is 9.53 Å². The lowest BCUT2D eigenvalue weighted by Crippen LogP contribution is -2.38. The highest BCUT2D eigenvalue weighted by Crippen LogP contribution is 2.23. The number of ether oxygens (including phenoxy) is 1. The van der Waals surface area contributed by atoms with Gasteiger partial charge in [0, 0.05) is 19.3 Å². The van der Waals surface area contributed by atoms with Gasteiger partial charge in [-0.05, 0) is 23.3 Å². The molecule has 1 unspecified atom stereocenters. The molecule has 0 spiro atoms. The standard InChI is InChI=1S/C18H18N4O2/c23-13-21-8-9-24-11-17(21)15-5-3-14(4-6-15)10-22-12-20-18-16(22)2-1-7-19-18/h1-7,12-13,17H,8-11H2. The van der Waals surface area contributed by atoms with E-state index in [1.807, 2.05) is 18.5 Å². The van der Waals surface area contributed by atoms with Gasteiger partial charge in [0.1, 0.15) is 0 Å². The summed E-state index contributed by atoms with van der Waals surface area (Å²) in [5, 5.41) is 0. The number of imidazole rings is 1. The predicted octanol–water partition coefficient (Wildman–Crippen LogP) is 2.01. The average molecular weight is 322 g/mol. The van der Waals surface area contributed by atoms with Crippen LogP contribution in [-0.2, 0) is 16.1 Å². The minimum absolute atomic E-state index is 0.00331. The van der Waals surface area contributed by atoms with Crippen LogP contribution in [0.1, 0.15) is 17.2 Å². The first kappa shape index (κ1) is 14.8. The van der Waals surface area contributed by atoms with E-state index in [1.165, 1.54) is 5.56 Å². The maximum absolute atomic E-state index is 11.2. The molecule has 6 heteroatoms. The Kier molecular flexibility index (Phi) is 3.96. The SMILES string of the molecule is O=CN1CCOCC1c1ccc(Cn2cnc3ncccc32)cc1. The fourth-order valence-corrected chi connectivity index (χ4v) is 3.10. The predicted molar refractivity (Wildman–Crippen MR) is 89.4 cm³/mol. The van der Waals surface area contributed by atoms with Crippen molar-refractivity contribution in [2.45, 2.75) is 12.6 Å². The molecule has 1 aliphatic heterocycles. The first-order valence-corrected chi connectivity index (χ1v) is 7.98. The number of pyridine rings is 1. The molecule has 3 heterocycles. The molecule has 3 aromatic rings. The Morgan fingerprint density at radius 1 is 1.21 bits per heavy atom. The molecule has 1 aromatic carbocycles. The maximum Gasteiger partial charge on any atom is 0.210 e. The first-order valence-electron chi connectivity index (χ1n) is 7.98. The van der Waals surface area contributed by atoms with Crippen molar-refractivity contribution in [3.8, 4) is 0 Å². The molecule has 6 nitrogen and oxygen atoms in total. The molecule has 1 saturated heterocycles. The zero-order valence-electron chi connectivity index (χ0n) is 13.2. The van der Waals surface area contributed by atoms with Gasteiger partial charge in [0.2, 0.25) is 6.41 Å². The third kappa shape index (κ3) is 2.76. The zero-order valence-corrected chi connectivity index (χ0v) is 13.2. The Hall–Kier alpha value is -2.73. The quantitative estimate of drug-likeness (QED) is 0.690. The Morgan fingerprint density at radius 2 is 2.08 bits per heavy atom. The number of fused-ring (bicyclic) bond motifs is 1. The number of amides is 1. The number of carbonyl (C=O) groups is 1. The summed E-state index contributed by atoms with van der Waals surface area (Å²) < 4.78 is 7.59. The number of carbonyl (C=O) groups excluding carboxylic acids is 1. The molecule has 2 aromatic heterocycles. The number of aromatic nitrogens is 3. The molecule has 0 N–H and O–H groups in total. The van der Waals surface area contributed by atoms with Crippen molar-refractivity contribution >= 4 is 17.6 Å². The van der Waals surface area contributed by atoms with E-state index < -0.39 is 0 Å². The van der Waals surface area contributed by atoms with Crippen LogP contribution in [0.15, 0.2) is 48.9 Å². The van der Waals surface area contributed by atoms with Gasteiger partial charge in [-0.25, -0.2) is 9.97 Å². The highest BCUT2D eigenvalue weighted by Gasteiger charge is 2.22. The van der Waals surface area contributed by atoms with Crippen molar-refractivity contribution in [1.82, 2.24) is 19.4 Å². The molecule has 122 valence electrons. The highest BCUT2D eigenvalue weighted by molar-refractivity contribution is 5.70. The van der Waals surface area contributed by atoms with Gasteiger partial charge in [0.15, 0.2) is 5.65 Å². The van der Waals surface area contributed by atoms with Gasteiger partial charge in [-0.3, -0.25) is 4.79 Å². The molecule has 1 aliphatic rings. The van der Waals surface area contributed by atoms with Gasteiger partial charge < -0.3 is 14.2 Å². The van der Waals surface area contributed by atoms with Gasteiger partial charge in [-0.2, -0.15) is 0 Å². The molecule has 24 heavy (non-hydrogen) atoms. The van der Waals surface area contributed by atoms with Gasteiger partial charge in [-0.15, -0.1) is 0 Å². The monoisotopic (exact) mass is 322 g/mol. The summed E-state index contributed by atoms with van der Waals surface area (Å²) in [6.45, 7) is 2.54. The van der Waals surface area contributed by atoms with Crippen LogP contribution < -0.4 is 0 Å². The van der Waals surface area contributed by atoms with E-state index in [4.69, 9.17) is 4.74 Å². The van der Waals surface area contributed by atoms with Crippen molar-refractivity contribution in [1.29, 1.82) is 0 Å². The Labute approximate surface area is 139 Å². The summed E-state index contributed by atoms with van der Waals surface area (Å²) >= 11 is 0. The largest absolute Gasteiger partial charge is 0.377 e. The lowest BCUT2D eigenvalue weighted by atomic mass is 10.0. The second kappa shape index (κ2) is 6.41. The lowest BCUT2D eigenvalue weighted by molar-refractivity contribution is -0.126. The molecule has 0 radical (unpaired) electrons. The van der Waals surface area contributed by atoms with E-state index in [0.29, 0.717) is 19.8 Å². The summed E-state index contributed by atoms with van der Waals surface area (Å²) in [6.07, 6.45) is 4.47. The van der Waals surface area contributed by atoms with E-state index in [9.17, 15) is 4.79 Å². The Morgan fingerprint density at radius 3 is 2.92 bits per heavy atom. The summed E-state index contributed by atoms with van der Waals surface area (Å²) in [6, 6.07) is 12.3. The smallest absolute Gasteiger partial charge is 0.210 e. The molecule has 1 fully saturated rings. The summed E-state index contributed by atoms with van der Waals surface area (Å²) in [7, 11) is 0. The van der Waals surface area contributed by atoms with E-state index in [0.717, 1.165) is 29.7 Å². The Balaban J connectivity index is 1.54. The summed E-state index contributed by atoms with van der Waals surface area (Å²) in [5.41, 5.74) is 4.06. The molecular weight excluding hydrogens is 304 g/mol. The van der Waals surface area contributed by atoms with Gasteiger partial charge in [0.25, 0.3) is 0 Å². The number of hydrogen-bond donors (Lipinski definition) is 0. The number of rotatable bonds is 4. The van der Waals surface area contributed by atoms with Crippen molar-refractivity contribution in [3.05, 3.63) is 60.0 Å². The fourth-order valence-electron chi connectivity index (χ4n) is 3.10. The molecule has 4 rings (SSSR count). The van der Waals surface area contributed by atoms with E-state index in [-0.39, 0.29) is 6.04 Å². The van der Waals surface area contributed by atoms with Crippen LogP contribution in [-0.4, -0.2) is 45.6 Å². The summed E-state index contributed by atoms with van der Waals surface area (Å²) in [4.78, 5) is 21.6. The average Bonchev–Trinajstić information content (AvgIpc) is 3.05. The fraction of sp³-hybridized carbons (Fsp3) is 0.278. The van der Waals surface area contributed by atoms with Gasteiger partial charge in [-0.1, -0.05) is 24.3 Å². The second-order valence-electron chi connectivity index (χ2n) is 5.89. The van der Waals surface area contributed by atoms with Gasteiger partial charge in [0.05, 0.1) is 31.1 Å². The van der Waals surface area contributed by atoms with E-state index >= 15 is 0 Å². The molecule has 0 aliphatic carbocycles. The molecule has 1 amide bonds. The highest BCUT2D eigenvalue weighted by atomic mass is 16.5. The summed E-state index contributed by atoms with van der Waals surface area (Å²) in [5.74, 6) is 0. The molecule has 1 atom stereocenters. The number of nitrogens with zero attached hydrogens (tertiary/aromatic N) is 4. The third-order valence-electron chi connectivity index (χ3n) is 4.42. The third-order valence-corrected chi connectivity index (χ3v) is 4.42. The zero-order chi connectivity index (χ0) is 16.4. The van der Waals surface area contributed by atoms with Crippen LogP contribution in [0.5, 0.6) is 0 Å². The van der Waals surface area contributed by atoms with E-state index in [2.05, 4.69) is 38.8 Å². The van der Waals surface area contributed by atoms with Crippen LogP contribution in [0.25, 0.3) is 11.2 Å². The van der Waals surface area contributed by atoms with Crippen LogP contribution in [0.3, 0.4) is 0 Å². The lowest BCUT2D eigenvalue weighted by Gasteiger charge is -2.33. The van der Waals surface area contributed by atoms with Crippen molar-refractivity contribution in [2.75, 3.05) is 19.8 Å². The topological polar surface area (TPSA) is 60.2 Å². The number of hydrogen-bond acceptors (Lipinski definition) is 4. The minimum atomic E-state index is 0.00331. The maximum atomic E-state index is 11.2. The minimum Gasteiger partial charge on any atom is -0.377 e. The van der Waals surface area contributed by atoms with Crippen molar-refractivity contribution in [2.24, 2.45) is 0 Å². The molecule has 0 saturated carbocycles.